The van der Waals surface area contributed by atoms with Gasteiger partial charge in [-0.1, -0.05) is 0 Å². The Kier molecular flexibility index (Phi) is 2.21. The van der Waals surface area contributed by atoms with E-state index in [4.69, 9.17) is 5.11 Å². The number of aliphatic carboxylic acids is 1. The standard InChI is InChI=1S/C5H6N4O2/c10-4(11)3-8-9-5-6-1-2-7-5/h1-3H,(H,10,11)(H2,6,7,9)/b8-3+. The molecular weight excluding hydrogens is 148 g/mol. The molecule has 1 heterocycles. The summed E-state index contributed by atoms with van der Waals surface area (Å²) in [5, 5.41) is 11.5. The Morgan fingerprint density at radius 3 is 3.27 bits per heavy atom. The van der Waals surface area contributed by atoms with Gasteiger partial charge in [0, 0.05) is 12.4 Å². The molecule has 0 aliphatic carbocycles. The second-order valence-corrected chi connectivity index (χ2v) is 1.65. The molecule has 0 fully saturated rings. The number of hydrogen-bond donors (Lipinski definition) is 3. The largest absolute Gasteiger partial charge is 0.477 e. The van der Waals surface area contributed by atoms with E-state index >= 15 is 0 Å². The van der Waals surface area contributed by atoms with Crippen molar-refractivity contribution in [3.8, 4) is 0 Å². The summed E-state index contributed by atoms with van der Waals surface area (Å²) in [4.78, 5) is 16.3. The van der Waals surface area contributed by atoms with E-state index in [0.29, 0.717) is 5.95 Å². The third kappa shape index (κ3) is 2.48. The number of aromatic amines is 1. The predicted molar refractivity (Wildman–Crippen MR) is 38.3 cm³/mol. The number of nitrogens with zero attached hydrogens (tertiary/aromatic N) is 2. The van der Waals surface area contributed by atoms with Crippen LogP contribution in [0, 0.1) is 0 Å². The maximum atomic E-state index is 9.91. The minimum atomic E-state index is -1.11. The molecule has 3 N–H and O–H groups in total. The monoisotopic (exact) mass is 154 g/mol. The summed E-state index contributed by atoms with van der Waals surface area (Å²) in [7, 11) is 0. The normalized spacial score (nSPS) is 10.2. The molecule has 6 nitrogen and oxygen atoms in total. The van der Waals surface area contributed by atoms with Gasteiger partial charge in [0.2, 0.25) is 5.95 Å². The zero-order chi connectivity index (χ0) is 8.10. The van der Waals surface area contributed by atoms with Crippen LogP contribution in [0.3, 0.4) is 0 Å². The Morgan fingerprint density at radius 2 is 2.73 bits per heavy atom. The molecule has 0 saturated carbocycles. The number of hydrazone groups is 1. The van der Waals surface area contributed by atoms with E-state index in [1.54, 1.807) is 6.20 Å². The molecule has 6 heteroatoms. The molecule has 0 amide bonds. The van der Waals surface area contributed by atoms with Crippen LogP contribution in [0.25, 0.3) is 0 Å². The highest BCUT2D eigenvalue weighted by Gasteiger charge is 1.88. The molecule has 0 aliphatic rings. The molecule has 0 spiro atoms. The summed E-state index contributed by atoms with van der Waals surface area (Å²) in [6.45, 7) is 0. The molecule has 1 aromatic heterocycles. The number of rotatable bonds is 3. The average molecular weight is 154 g/mol. The molecular formula is C5H6N4O2. The number of carboxylic acids is 1. The number of aromatic nitrogens is 2. The zero-order valence-electron chi connectivity index (χ0n) is 5.48. The van der Waals surface area contributed by atoms with Crippen molar-refractivity contribution in [2.24, 2.45) is 5.10 Å². The maximum Gasteiger partial charge on any atom is 0.348 e. The van der Waals surface area contributed by atoms with Gasteiger partial charge >= 0.3 is 5.97 Å². The molecule has 1 aromatic rings. The lowest BCUT2D eigenvalue weighted by Gasteiger charge is -1.89. The molecule has 0 atom stereocenters. The first-order chi connectivity index (χ1) is 5.29. The summed E-state index contributed by atoms with van der Waals surface area (Å²) in [6, 6.07) is 0. The predicted octanol–water partition coefficient (Wildman–Crippen LogP) is -0.108. The molecule has 0 saturated heterocycles. The van der Waals surface area contributed by atoms with Crippen molar-refractivity contribution >= 4 is 18.1 Å². The number of anilines is 1. The molecule has 1 rings (SSSR count). The second-order valence-electron chi connectivity index (χ2n) is 1.65. The van der Waals surface area contributed by atoms with Crippen molar-refractivity contribution in [2.75, 3.05) is 5.43 Å². The van der Waals surface area contributed by atoms with Gasteiger partial charge in [0.25, 0.3) is 0 Å². The first-order valence-electron chi connectivity index (χ1n) is 2.80. The fourth-order valence-corrected chi connectivity index (χ4v) is 0.475. The Morgan fingerprint density at radius 1 is 1.91 bits per heavy atom. The molecule has 0 radical (unpaired) electrons. The number of H-pyrrole nitrogens is 1. The highest BCUT2D eigenvalue weighted by molar-refractivity contribution is 6.22. The maximum absolute atomic E-state index is 9.91. The lowest BCUT2D eigenvalue weighted by molar-refractivity contribution is -0.128. The van der Waals surface area contributed by atoms with Crippen LogP contribution in [0.15, 0.2) is 17.5 Å². The second kappa shape index (κ2) is 3.35. The fraction of sp³-hybridized carbons (Fsp3) is 0. The van der Waals surface area contributed by atoms with E-state index in [2.05, 4.69) is 20.5 Å². The smallest absolute Gasteiger partial charge is 0.348 e. The van der Waals surface area contributed by atoms with Gasteiger partial charge in [0.15, 0.2) is 0 Å². The van der Waals surface area contributed by atoms with Crippen LogP contribution in [0.5, 0.6) is 0 Å². The Labute approximate surface area is 62.0 Å². The number of nitrogens with one attached hydrogen (secondary N) is 2. The van der Waals surface area contributed by atoms with Gasteiger partial charge in [-0.2, -0.15) is 5.10 Å². The van der Waals surface area contributed by atoms with E-state index in [1.807, 2.05) is 0 Å². The molecule has 0 unspecified atom stereocenters. The van der Waals surface area contributed by atoms with Crippen molar-refractivity contribution in [1.82, 2.24) is 9.97 Å². The van der Waals surface area contributed by atoms with E-state index in [-0.39, 0.29) is 0 Å². The molecule has 0 aromatic carbocycles. The van der Waals surface area contributed by atoms with Gasteiger partial charge in [-0.3, -0.25) is 0 Å². The summed E-state index contributed by atoms with van der Waals surface area (Å²) in [6.07, 6.45) is 3.86. The van der Waals surface area contributed by atoms with Crippen LogP contribution in [0.1, 0.15) is 0 Å². The highest BCUT2D eigenvalue weighted by atomic mass is 16.4. The van der Waals surface area contributed by atoms with E-state index in [1.165, 1.54) is 6.20 Å². The SMILES string of the molecule is O=C(O)/C=N/Nc1ncc[nH]1. The Hall–Kier alpha value is -1.85. The van der Waals surface area contributed by atoms with Crippen molar-refractivity contribution in [1.29, 1.82) is 0 Å². The van der Waals surface area contributed by atoms with Crippen LogP contribution in [-0.4, -0.2) is 27.3 Å². The minimum absolute atomic E-state index is 0.405. The summed E-state index contributed by atoms with van der Waals surface area (Å²) in [5.74, 6) is -0.702. The van der Waals surface area contributed by atoms with Gasteiger partial charge in [0.05, 0.1) is 0 Å². The number of hydrogen-bond acceptors (Lipinski definition) is 4. The third-order valence-corrected chi connectivity index (χ3v) is 0.844. The van der Waals surface area contributed by atoms with Gasteiger partial charge in [-0.25, -0.2) is 15.2 Å². The molecule has 11 heavy (non-hydrogen) atoms. The average Bonchev–Trinajstić information content (AvgIpc) is 2.39. The molecule has 58 valence electrons. The van der Waals surface area contributed by atoms with Gasteiger partial charge in [0.1, 0.15) is 6.21 Å². The van der Waals surface area contributed by atoms with Crippen LogP contribution in [-0.2, 0) is 4.79 Å². The van der Waals surface area contributed by atoms with Crippen molar-refractivity contribution in [2.45, 2.75) is 0 Å². The number of imidazole rings is 1. The van der Waals surface area contributed by atoms with Crippen LogP contribution >= 0.6 is 0 Å². The van der Waals surface area contributed by atoms with Gasteiger partial charge in [-0.15, -0.1) is 0 Å². The van der Waals surface area contributed by atoms with Crippen LogP contribution in [0.4, 0.5) is 5.95 Å². The van der Waals surface area contributed by atoms with Crippen molar-refractivity contribution in [3.63, 3.8) is 0 Å². The van der Waals surface area contributed by atoms with Crippen molar-refractivity contribution in [3.05, 3.63) is 12.4 Å². The topological polar surface area (TPSA) is 90.4 Å². The van der Waals surface area contributed by atoms with Crippen molar-refractivity contribution < 1.29 is 9.90 Å². The molecule has 0 bridgehead atoms. The first-order valence-corrected chi connectivity index (χ1v) is 2.80. The highest BCUT2D eigenvalue weighted by Crippen LogP contribution is 1.92. The summed E-state index contributed by atoms with van der Waals surface area (Å²) >= 11 is 0. The van der Waals surface area contributed by atoms with Crippen LogP contribution < -0.4 is 5.43 Å². The minimum Gasteiger partial charge on any atom is -0.477 e. The number of carbonyl (C=O) groups is 1. The lowest BCUT2D eigenvalue weighted by Crippen LogP contribution is -1.99. The molecule has 0 aliphatic heterocycles. The zero-order valence-corrected chi connectivity index (χ0v) is 5.48. The van der Waals surface area contributed by atoms with E-state index in [0.717, 1.165) is 6.21 Å². The third-order valence-electron chi connectivity index (χ3n) is 0.844. The van der Waals surface area contributed by atoms with E-state index in [9.17, 15) is 4.79 Å². The Bertz CT molecular complexity index is 253. The van der Waals surface area contributed by atoms with E-state index < -0.39 is 5.97 Å². The fourth-order valence-electron chi connectivity index (χ4n) is 0.475. The summed E-state index contributed by atoms with van der Waals surface area (Å²) < 4.78 is 0. The van der Waals surface area contributed by atoms with Crippen LogP contribution in [0.2, 0.25) is 0 Å². The number of carboxylic acid groups (broad SMARTS) is 1. The quantitative estimate of drug-likeness (QED) is 0.418. The Balaban J connectivity index is 2.40. The van der Waals surface area contributed by atoms with Gasteiger partial charge in [-0.05, 0) is 0 Å². The summed E-state index contributed by atoms with van der Waals surface area (Å²) in [5.41, 5.74) is 2.38. The first kappa shape index (κ1) is 7.26. The lowest BCUT2D eigenvalue weighted by atomic mass is 10.8. The van der Waals surface area contributed by atoms with Gasteiger partial charge < -0.3 is 10.1 Å².